The summed E-state index contributed by atoms with van der Waals surface area (Å²) in [6.07, 6.45) is 0. The first-order valence-electron chi connectivity index (χ1n) is 14.6. The smallest absolute Gasteiger partial charge is 0.266 e. The lowest BCUT2D eigenvalue weighted by Crippen LogP contribution is -2.46. The van der Waals surface area contributed by atoms with Gasteiger partial charge < -0.3 is 4.90 Å². The highest BCUT2D eigenvalue weighted by Gasteiger charge is 2.41. The number of imide groups is 1. The number of carbonyl (C=O) groups excluding carboxylic acids is 3. The van der Waals surface area contributed by atoms with E-state index in [0.29, 0.717) is 49.8 Å². The Labute approximate surface area is 268 Å². The van der Waals surface area contributed by atoms with Crippen LogP contribution in [-0.2, 0) is 6.54 Å². The second kappa shape index (κ2) is 12.0. The summed E-state index contributed by atoms with van der Waals surface area (Å²) in [5.74, 6) is -1.65. The number of thiophene rings is 1. The monoisotopic (exact) mass is 635 g/mol. The Balaban J connectivity index is 1.35. The number of fused-ring (bicyclic) bond motifs is 1. The van der Waals surface area contributed by atoms with Gasteiger partial charge in [-0.1, -0.05) is 54.1 Å². The van der Waals surface area contributed by atoms with Crippen molar-refractivity contribution in [3.05, 3.63) is 142 Å². The molecule has 5 aromatic rings. The van der Waals surface area contributed by atoms with Gasteiger partial charge >= 0.3 is 0 Å². The molecule has 0 radical (unpaired) electrons. The van der Waals surface area contributed by atoms with Crippen molar-refractivity contribution in [1.82, 2.24) is 4.90 Å². The highest BCUT2D eigenvalue weighted by molar-refractivity contribution is 7.20. The van der Waals surface area contributed by atoms with Crippen LogP contribution in [-0.4, -0.2) is 48.7 Å². The van der Waals surface area contributed by atoms with Crippen molar-refractivity contribution < 1.29 is 18.8 Å². The first-order valence-corrected chi connectivity index (χ1v) is 15.8. The van der Waals surface area contributed by atoms with Crippen LogP contribution in [0.15, 0.2) is 103 Å². The molecule has 0 bridgehead atoms. The molecule has 9 heteroatoms. The van der Waals surface area contributed by atoms with Crippen LogP contribution >= 0.6 is 22.9 Å². The molecular formula is C36H27ClFN3O3S. The number of benzene rings is 4. The van der Waals surface area contributed by atoms with Crippen LogP contribution in [0.1, 0.15) is 42.2 Å². The largest absolute Gasteiger partial charge is 0.369 e. The number of anilines is 2. The lowest BCUT2D eigenvalue weighted by atomic mass is 9.97. The molecule has 0 aliphatic carbocycles. The lowest BCUT2D eigenvalue weighted by molar-refractivity contribution is 0.0927. The van der Waals surface area contributed by atoms with Gasteiger partial charge in [0, 0.05) is 53.9 Å². The minimum absolute atomic E-state index is 0.262. The number of carbonyl (C=O) groups is 3. The third-order valence-corrected chi connectivity index (χ3v) is 9.82. The predicted octanol–water partition coefficient (Wildman–Crippen LogP) is 7.56. The number of hydrogen-bond acceptors (Lipinski definition) is 6. The van der Waals surface area contributed by atoms with Crippen molar-refractivity contribution >= 4 is 51.2 Å². The maximum absolute atomic E-state index is 14.4. The lowest BCUT2D eigenvalue weighted by Gasteiger charge is -2.36. The van der Waals surface area contributed by atoms with E-state index >= 15 is 0 Å². The molecule has 2 aliphatic rings. The summed E-state index contributed by atoms with van der Waals surface area (Å²) >= 11 is 7.36. The fourth-order valence-corrected chi connectivity index (χ4v) is 7.41. The van der Waals surface area contributed by atoms with Crippen LogP contribution < -0.4 is 9.80 Å². The minimum atomic E-state index is -0.476. The molecule has 3 heterocycles. The Morgan fingerprint density at radius 1 is 0.756 bits per heavy atom. The van der Waals surface area contributed by atoms with Crippen molar-refractivity contribution in [2.45, 2.75) is 6.54 Å². The van der Waals surface area contributed by atoms with E-state index in [2.05, 4.69) is 21.9 Å². The van der Waals surface area contributed by atoms with E-state index < -0.39 is 11.8 Å². The van der Waals surface area contributed by atoms with Crippen molar-refractivity contribution in [3.8, 4) is 10.4 Å². The molecule has 0 N–H and O–H groups in total. The van der Waals surface area contributed by atoms with Crippen LogP contribution in [0.25, 0.3) is 10.4 Å². The first kappa shape index (κ1) is 29.1. The average molecular weight is 636 g/mol. The van der Waals surface area contributed by atoms with Crippen molar-refractivity contribution in [2.75, 3.05) is 36.0 Å². The van der Waals surface area contributed by atoms with Gasteiger partial charge in [-0.25, -0.2) is 9.29 Å². The predicted molar refractivity (Wildman–Crippen MR) is 176 cm³/mol. The maximum Gasteiger partial charge on any atom is 0.266 e. The molecule has 45 heavy (non-hydrogen) atoms. The third-order valence-electron chi connectivity index (χ3n) is 8.30. The minimum Gasteiger partial charge on any atom is -0.369 e. The molecule has 2 aliphatic heterocycles. The Hall–Kier alpha value is -4.63. The molecule has 2 amide bonds. The zero-order valence-electron chi connectivity index (χ0n) is 24.1. The molecule has 0 saturated carbocycles. The van der Waals surface area contributed by atoms with E-state index in [0.717, 1.165) is 36.8 Å². The van der Waals surface area contributed by atoms with Crippen molar-refractivity contribution in [1.29, 1.82) is 0 Å². The molecule has 7 rings (SSSR count). The fraction of sp³-hybridized carbons (Fsp3) is 0.139. The number of ketones is 1. The van der Waals surface area contributed by atoms with E-state index in [-0.39, 0.29) is 16.6 Å². The summed E-state index contributed by atoms with van der Waals surface area (Å²) in [6, 6.07) is 29.6. The summed E-state index contributed by atoms with van der Waals surface area (Å²) in [6.45, 7) is 3.48. The fourth-order valence-electron chi connectivity index (χ4n) is 5.97. The normalized spacial score (nSPS) is 15.1. The van der Waals surface area contributed by atoms with Gasteiger partial charge in [0.1, 0.15) is 10.8 Å². The average Bonchev–Trinajstić information content (AvgIpc) is 3.55. The van der Waals surface area contributed by atoms with Gasteiger partial charge in [0.2, 0.25) is 0 Å². The van der Waals surface area contributed by atoms with Crippen LogP contribution in [0.2, 0.25) is 5.02 Å². The van der Waals surface area contributed by atoms with Crippen molar-refractivity contribution in [3.63, 3.8) is 0 Å². The zero-order chi connectivity index (χ0) is 31.1. The summed E-state index contributed by atoms with van der Waals surface area (Å²) in [7, 11) is 0. The number of halogens is 2. The van der Waals surface area contributed by atoms with E-state index in [1.807, 2.05) is 18.2 Å². The number of para-hydroxylation sites is 1. The molecule has 0 atom stereocenters. The van der Waals surface area contributed by atoms with E-state index in [4.69, 9.17) is 11.6 Å². The molecule has 6 nitrogen and oxygen atoms in total. The SMILES string of the molecule is O=C(c1ccc(Cl)cc1)c1c(N2C(=O)c3ccccc3C2=O)sc(-c2ccc(F)cc2)c1CN1CCN(c2ccccc2)CC1. The number of piperazine rings is 1. The summed E-state index contributed by atoms with van der Waals surface area (Å²) < 4.78 is 14.0. The molecule has 0 unspecified atom stereocenters. The second-order valence-corrected chi connectivity index (χ2v) is 12.5. The van der Waals surface area contributed by atoms with Crippen LogP contribution in [0, 0.1) is 5.82 Å². The standard InChI is InChI=1S/C36H27ClFN3O3S/c37-25-14-10-23(11-15-25)32(42)31-30(22-39-18-20-40(21-19-39)27-6-2-1-3-7-27)33(24-12-16-26(38)17-13-24)45-36(31)41-34(43)28-8-4-5-9-29(28)35(41)44/h1-17H,18-22H2. The van der Waals surface area contributed by atoms with Gasteiger partial charge in [-0.3, -0.25) is 19.3 Å². The van der Waals surface area contributed by atoms with Crippen molar-refractivity contribution in [2.24, 2.45) is 0 Å². The molecule has 1 aromatic heterocycles. The molecular weight excluding hydrogens is 609 g/mol. The molecule has 1 saturated heterocycles. The van der Waals surface area contributed by atoms with Gasteiger partial charge in [0.25, 0.3) is 11.8 Å². The Bertz CT molecular complexity index is 1880. The molecule has 1 fully saturated rings. The summed E-state index contributed by atoms with van der Waals surface area (Å²) in [5.41, 5.74) is 3.83. The molecule has 0 spiro atoms. The number of hydrogen-bond donors (Lipinski definition) is 0. The Morgan fingerprint density at radius 2 is 1.36 bits per heavy atom. The van der Waals surface area contributed by atoms with Crippen LogP contribution in [0.5, 0.6) is 0 Å². The number of rotatable bonds is 7. The quantitative estimate of drug-likeness (QED) is 0.136. The highest BCUT2D eigenvalue weighted by Crippen LogP contribution is 2.46. The highest BCUT2D eigenvalue weighted by atomic mass is 35.5. The van der Waals surface area contributed by atoms with E-state index in [9.17, 15) is 18.8 Å². The van der Waals surface area contributed by atoms with Crippen LogP contribution in [0.3, 0.4) is 0 Å². The maximum atomic E-state index is 14.4. The number of amides is 2. The van der Waals surface area contributed by atoms with Gasteiger partial charge in [-0.05, 0) is 71.8 Å². The Morgan fingerprint density at radius 3 is 1.98 bits per heavy atom. The molecule has 224 valence electrons. The third kappa shape index (κ3) is 5.46. The first-order chi connectivity index (χ1) is 21.9. The van der Waals surface area contributed by atoms with E-state index in [1.54, 1.807) is 60.7 Å². The van der Waals surface area contributed by atoms with Gasteiger partial charge in [-0.15, -0.1) is 11.3 Å². The Kier molecular flexibility index (Phi) is 7.79. The van der Waals surface area contributed by atoms with Gasteiger partial charge in [0.15, 0.2) is 5.78 Å². The zero-order valence-corrected chi connectivity index (χ0v) is 25.7. The van der Waals surface area contributed by atoms with Gasteiger partial charge in [-0.2, -0.15) is 0 Å². The van der Waals surface area contributed by atoms with Gasteiger partial charge in [0.05, 0.1) is 16.7 Å². The second-order valence-electron chi connectivity index (χ2n) is 11.0. The van der Waals surface area contributed by atoms with Crippen LogP contribution in [0.4, 0.5) is 15.1 Å². The molecule has 4 aromatic carbocycles. The summed E-state index contributed by atoms with van der Waals surface area (Å²) in [4.78, 5) is 48.4. The summed E-state index contributed by atoms with van der Waals surface area (Å²) in [5, 5.41) is 0.749. The van der Waals surface area contributed by atoms with E-state index in [1.165, 1.54) is 23.5 Å². The topological polar surface area (TPSA) is 60.9 Å². The number of nitrogens with zero attached hydrogens (tertiary/aromatic N) is 3.